The molecule has 0 aliphatic carbocycles. The Kier molecular flexibility index (Phi) is 11.5. The first-order valence-electron chi connectivity index (χ1n) is 9.66. The Labute approximate surface area is 161 Å². The van der Waals surface area contributed by atoms with Crippen LogP contribution in [0.4, 0.5) is 0 Å². The fourth-order valence-electron chi connectivity index (χ4n) is 2.87. The van der Waals surface area contributed by atoms with Gasteiger partial charge in [-0.05, 0) is 0 Å². The van der Waals surface area contributed by atoms with Crippen LogP contribution in [-0.4, -0.2) is 24.0 Å². The van der Waals surface area contributed by atoms with Gasteiger partial charge in [-0.25, -0.2) is 0 Å². The summed E-state index contributed by atoms with van der Waals surface area (Å²) in [5.74, 6) is 0.430. The van der Waals surface area contributed by atoms with Crippen molar-refractivity contribution < 1.29 is 0 Å². The normalized spacial score (nSPS) is 16.6. The average molecular weight is 360 g/mol. The molecule has 0 fully saturated rings. The molecule has 3 rings (SSSR count). The van der Waals surface area contributed by atoms with Crippen LogP contribution in [0.5, 0.6) is 0 Å². The van der Waals surface area contributed by atoms with Gasteiger partial charge < -0.3 is 0 Å². The van der Waals surface area contributed by atoms with Gasteiger partial charge in [0.1, 0.15) is 0 Å². The topological polar surface area (TPSA) is 3.24 Å². The molecule has 1 aromatic rings. The van der Waals surface area contributed by atoms with E-state index in [1.807, 2.05) is 41.5 Å². The van der Waals surface area contributed by atoms with Crippen molar-refractivity contribution in [3.63, 3.8) is 0 Å². The number of fused-ring (bicyclic) bond motifs is 1. The molecule has 0 N–H and O–H groups in total. The number of allylic oxidation sites excluding steroid dienone is 2. The molecule has 0 amide bonds. The number of nitrogens with zero attached hydrogens (tertiary/aromatic N) is 1. The number of aryl methyl sites for hydroxylation is 2. The molecule has 0 aromatic heterocycles. The van der Waals surface area contributed by atoms with Gasteiger partial charge in [0, 0.05) is 0 Å². The molecule has 2 heterocycles. The Bertz CT molecular complexity index is 629. The van der Waals surface area contributed by atoms with Gasteiger partial charge in [-0.1, -0.05) is 41.5 Å². The predicted molar refractivity (Wildman–Crippen MR) is 118 cm³/mol. The van der Waals surface area contributed by atoms with Crippen molar-refractivity contribution in [3.8, 4) is 0 Å². The summed E-state index contributed by atoms with van der Waals surface area (Å²) < 4.78 is 0. The number of hydrogen-bond acceptors (Lipinski definition) is 1. The van der Waals surface area contributed by atoms with Crippen molar-refractivity contribution in [1.29, 1.82) is 0 Å². The molecular weight excluding hydrogens is 325 g/mol. The Morgan fingerprint density at radius 1 is 0.960 bits per heavy atom. The molecule has 1 unspecified atom stereocenters. The molecule has 0 saturated carbocycles. The molecule has 0 bridgehead atoms. The monoisotopic (exact) mass is 359 g/mol. The standard InChI is InChI=1S/C16H17BClN.3C2H6/c1-10-4-5-19-9-14(17-16(19)6-10)13-8-15(18)12(3)7-11(13)2;3*1-2/h4-8,14H,9H2,1-3H3;3*1-2H3. The van der Waals surface area contributed by atoms with E-state index in [1.165, 1.54) is 22.3 Å². The van der Waals surface area contributed by atoms with Gasteiger partial charge in [0.2, 0.25) is 0 Å². The molecule has 0 radical (unpaired) electrons. The van der Waals surface area contributed by atoms with E-state index < -0.39 is 0 Å². The van der Waals surface area contributed by atoms with E-state index in [4.69, 9.17) is 11.6 Å². The quantitative estimate of drug-likeness (QED) is 0.504. The van der Waals surface area contributed by atoms with Gasteiger partial charge in [0.25, 0.3) is 0 Å². The summed E-state index contributed by atoms with van der Waals surface area (Å²) in [6.45, 7) is 21.7. The molecule has 1 aromatic carbocycles. The van der Waals surface area contributed by atoms with Gasteiger partial charge >= 0.3 is 120 Å². The summed E-state index contributed by atoms with van der Waals surface area (Å²) in [5.41, 5.74) is 6.44. The van der Waals surface area contributed by atoms with Crippen molar-refractivity contribution in [3.05, 3.63) is 57.8 Å². The number of hydrogen-bond donors (Lipinski definition) is 0. The van der Waals surface area contributed by atoms with E-state index in [9.17, 15) is 0 Å². The zero-order valence-electron chi connectivity index (χ0n) is 17.6. The molecular formula is C22H35BClN. The van der Waals surface area contributed by atoms with Gasteiger partial charge in [0.15, 0.2) is 0 Å². The maximum absolute atomic E-state index is 6.28. The Morgan fingerprint density at radius 3 is 2.16 bits per heavy atom. The Balaban J connectivity index is 0.000000871. The molecule has 3 heteroatoms. The van der Waals surface area contributed by atoms with Crippen molar-refractivity contribution in [1.82, 2.24) is 4.90 Å². The van der Waals surface area contributed by atoms with Crippen LogP contribution in [0.15, 0.2) is 36.1 Å². The predicted octanol–water partition coefficient (Wildman–Crippen LogP) is 6.70. The molecule has 2 aliphatic rings. The van der Waals surface area contributed by atoms with Crippen LogP contribution < -0.4 is 0 Å². The minimum absolute atomic E-state index is 0.430. The van der Waals surface area contributed by atoms with Crippen LogP contribution in [0, 0.1) is 13.8 Å². The average Bonchev–Trinajstić information content (AvgIpc) is 3.06. The third-order valence-electron chi connectivity index (χ3n) is 3.94. The molecule has 2 aliphatic heterocycles. The van der Waals surface area contributed by atoms with E-state index in [0.29, 0.717) is 5.82 Å². The molecule has 1 atom stereocenters. The van der Waals surface area contributed by atoms with Gasteiger partial charge in [0.05, 0.1) is 0 Å². The summed E-state index contributed by atoms with van der Waals surface area (Å²) >= 11 is 6.28. The Hall–Kier alpha value is -1.28. The first-order chi connectivity index (χ1) is 12.0. The maximum atomic E-state index is 6.28. The van der Waals surface area contributed by atoms with E-state index in [1.54, 1.807) is 0 Å². The Morgan fingerprint density at radius 2 is 1.56 bits per heavy atom. The van der Waals surface area contributed by atoms with Crippen molar-refractivity contribution >= 4 is 24.1 Å². The van der Waals surface area contributed by atoms with E-state index >= 15 is 0 Å². The third kappa shape index (κ3) is 6.19. The molecule has 1 nitrogen and oxygen atoms in total. The number of benzene rings is 1. The first-order valence-corrected chi connectivity index (χ1v) is 10.0. The van der Waals surface area contributed by atoms with Crippen LogP contribution in [0.3, 0.4) is 0 Å². The summed E-state index contributed by atoms with van der Waals surface area (Å²) in [4.78, 5) is 2.31. The SMILES string of the molecule is CC.CC.CC.CC1=CC2=BC(c3cc(Cl)c(C)cc3C)CN2C=C1. The van der Waals surface area contributed by atoms with Gasteiger partial charge in [-0.2, -0.15) is 0 Å². The van der Waals surface area contributed by atoms with Crippen molar-refractivity contribution in [2.24, 2.45) is 0 Å². The number of rotatable bonds is 1. The second kappa shape index (κ2) is 12.1. The molecule has 0 spiro atoms. The van der Waals surface area contributed by atoms with Gasteiger partial charge in [-0.15, -0.1) is 0 Å². The van der Waals surface area contributed by atoms with E-state index in [0.717, 1.165) is 17.1 Å². The third-order valence-corrected chi connectivity index (χ3v) is 4.34. The molecule has 0 saturated heterocycles. The van der Waals surface area contributed by atoms with E-state index in [-0.39, 0.29) is 0 Å². The zero-order valence-corrected chi connectivity index (χ0v) is 18.3. The van der Waals surface area contributed by atoms with Crippen molar-refractivity contribution in [2.75, 3.05) is 6.54 Å². The fraction of sp³-hybridized carbons (Fsp3) is 0.500. The summed E-state index contributed by atoms with van der Waals surface area (Å²) in [6, 6.07) is 4.32. The van der Waals surface area contributed by atoms with Gasteiger partial charge in [-0.3, -0.25) is 0 Å². The second-order valence-electron chi connectivity index (χ2n) is 5.51. The van der Waals surface area contributed by atoms with Crippen LogP contribution in [-0.2, 0) is 0 Å². The van der Waals surface area contributed by atoms with Crippen LogP contribution in [0.25, 0.3) is 0 Å². The van der Waals surface area contributed by atoms with Crippen LogP contribution in [0.2, 0.25) is 5.02 Å². The fourth-order valence-corrected chi connectivity index (χ4v) is 3.04. The van der Waals surface area contributed by atoms with Crippen LogP contribution >= 0.6 is 11.6 Å². The minimum atomic E-state index is 0.430. The second-order valence-corrected chi connectivity index (χ2v) is 5.92. The summed E-state index contributed by atoms with van der Waals surface area (Å²) in [5, 5.41) is 0.867. The number of halogens is 1. The summed E-state index contributed by atoms with van der Waals surface area (Å²) in [7, 11) is 0. The van der Waals surface area contributed by atoms with E-state index in [2.05, 4.69) is 63.1 Å². The zero-order chi connectivity index (χ0) is 19.6. The van der Waals surface area contributed by atoms with Crippen molar-refractivity contribution in [2.45, 2.75) is 68.1 Å². The molecule has 25 heavy (non-hydrogen) atoms. The molecule has 138 valence electrons. The van der Waals surface area contributed by atoms with Crippen LogP contribution in [0.1, 0.15) is 71.0 Å². The first kappa shape index (κ1) is 23.7. The summed E-state index contributed by atoms with van der Waals surface area (Å²) in [6.07, 6.45) is 6.58.